The second-order valence-corrected chi connectivity index (χ2v) is 5.21. The summed E-state index contributed by atoms with van der Waals surface area (Å²) in [6, 6.07) is 6.69. The molecular formula is C14H19NO4S. The Labute approximate surface area is 122 Å². The average molecular weight is 297 g/mol. The average Bonchev–Trinajstić information content (AvgIpc) is 2.42. The van der Waals surface area contributed by atoms with Crippen LogP contribution in [0.3, 0.4) is 0 Å². The summed E-state index contributed by atoms with van der Waals surface area (Å²) >= 11 is 1.60. The van der Waals surface area contributed by atoms with E-state index in [1.54, 1.807) is 23.9 Å². The molecule has 0 aliphatic rings. The van der Waals surface area contributed by atoms with Gasteiger partial charge in [0, 0.05) is 18.7 Å². The minimum atomic E-state index is -0.936. The van der Waals surface area contributed by atoms with Crippen LogP contribution >= 0.6 is 11.8 Å². The van der Waals surface area contributed by atoms with E-state index in [9.17, 15) is 14.7 Å². The molecule has 0 saturated heterocycles. The van der Waals surface area contributed by atoms with Crippen molar-refractivity contribution in [3.05, 3.63) is 29.8 Å². The molecule has 6 heteroatoms. The number of ether oxygens (including phenoxy) is 1. The first-order chi connectivity index (χ1) is 9.43. The van der Waals surface area contributed by atoms with Crippen molar-refractivity contribution in [1.82, 2.24) is 5.32 Å². The number of nitrogens with one attached hydrogen (secondary N) is 1. The maximum absolute atomic E-state index is 11.2. The SMILES string of the molecule is CSc1ccc([C@H](O)[C@@H](COC(C)=O)NC(C)=O)cc1. The summed E-state index contributed by atoms with van der Waals surface area (Å²) in [5.41, 5.74) is 0.661. The molecule has 0 bridgehead atoms. The minimum Gasteiger partial charge on any atom is -0.464 e. The predicted molar refractivity (Wildman–Crippen MR) is 77.4 cm³/mol. The van der Waals surface area contributed by atoms with Crippen molar-refractivity contribution in [2.24, 2.45) is 0 Å². The van der Waals surface area contributed by atoms with Crippen LogP contribution in [0.5, 0.6) is 0 Å². The summed E-state index contributed by atoms with van der Waals surface area (Å²) in [5, 5.41) is 12.9. The number of aliphatic hydroxyl groups is 1. The number of hydrogen-bond donors (Lipinski definition) is 2. The highest BCUT2D eigenvalue weighted by Crippen LogP contribution is 2.21. The number of amides is 1. The van der Waals surface area contributed by atoms with E-state index in [0.29, 0.717) is 5.56 Å². The standard InChI is InChI=1S/C14H19NO4S/c1-9(16)15-13(8-19-10(2)17)14(18)11-4-6-12(20-3)7-5-11/h4-7,13-14,18H,8H2,1-3H3,(H,15,16)/t13-,14+/m1/s1. The van der Waals surface area contributed by atoms with E-state index in [-0.39, 0.29) is 12.5 Å². The Bertz CT molecular complexity index is 461. The van der Waals surface area contributed by atoms with Crippen LogP contribution in [0.1, 0.15) is 25.5 Å². The smallest absolute Gasteiger partial charge is 0.302 e. The van der Waals surface area contributed by atoms with Gasteiger partial charge in [-0.15, -0.1) is 11.8 Å². The van der Waals surface area contributed by atoms with Crippen LogP contribution in [-0.2, 0) is 14.3 Å². The Hall–Kier alpha value is -1.53. The van der Waals surface area contributed by atoms with Crippen molar-refractivity contribution >= 4 is 23.6 Å². The van der Waals surface area contributed by atoms with Gasteiger partial charge < -0.3 is 15.2 Å². The third-order valence-electron chi connectivity index (χ3n) is 2.69. The summed E-state index contributed by atoms with van der Waals surface area (Å²) in [6.45, 7) is 2.56. The zero-order valence-corrected chi connectivity index (χ0v) is 12.6. The van der Waals surface area contributed by atoms with Crippen LogP contribution in [0.4, 0.5) is 0 Å². The molecule has 110 valence electrons. The summed E-state index contributed by atoms with van der Waals surface area (Å²) < 4.78 is 4.87. The van der Waals surface area contributed by atoms with Gasteiger partial charge in [-0.2, -0.15) is 0 Å². The highest BCUT2D eigenvalue weighted by atomic mass is 32.2. The quantitative estimate of drug-likeness (QED) is 0.615. The number of benzene rings is 1. The lowest BCUT2D eigenvalue weighted by molar-refractivity contribution is -0.143. The molecule has 5 nitrogen and oxygen atoms in total. The molecule has 2 atom stereocenters. The van der Waals surface area contributed by atoms with Gasteiger partial charge in [0.1, 0.15) is 12.7 Å². The number of carbonyl (C=O) groups excluding carboxylic acids is 2. The Kier molecular flexibility index (Phi) is 6.54. The fourth-order valence-corrected chi connectivity index (χ4v) is 2.12. The second-order valence-electron chi connectivity index (χ2n) is 4.33. The number of thioether (sulfide) groups is 1. The lowest BCUT2D eigenvalue weighted by Crippen LogP contribution is -2.41. The van der Waals surface area contributed by atoms with E-state index in [1.165, 1.54) is 13.8 Å². The van der Waals surface area contributed by atoms with Crippen molar-refractivity contribution in [2.45, 2.75) is 30.9 Å². The number of hydrogen-bond acceptors (Lipinski definition) is 5. The van der Waals surface area contributed by atoms with E-state index in [0.717, 1.165) is 4.90 Å². The fourth-order valence-electron chi connectivity index (χ4n) is 1.71. The molecule has 20 heavy (non-hydrogen) atoms. The van der Waals surface area contributed by atoms with E-state index in [1.807, 2.05) is 18.4 Å². The first-order valence-corrected chi connectivity index (χ1v) is 7.39. The molecule has 0 aliphatic carbocycles. The molecule has 1 aromatic rings. The van der Waals surface area contributed by atoms with E-state index in [2.05, 4.69) is 5.32 Å². The van der Waals surface area contributed by atoms with Crippen molar-refractivity contribution in [2.75, 3.05) is 12.9 Å². The van der Waals surface area contributed by atoms with Gasteiger partial charge in [-0.3, -0.25) is 9.59 Å². The molecule has 1 aromatic carbocycles. The topological polar surface area (TPSA) is 75.6 Å². The molecule has 2 N–H and O–H groups in total. The van der Waals surface area contributed by atoms with Gasteiger partial charge in [0.25, 0.3) is 0 Å². The highest BCUT2D eigenvalue weighted by Gasteiger charge is 2.23. The summed E-state index contributed by atoms with van der Waals surface area (Å²) in [5.74, 6) is -0.743. The van der Waals surface area contributed by atoms with Gasteiger partial charge >= 0.3 is 5.97 Å². The molecule has 0 saturated carbocycles. The Balaban J connectivity index is 2.81. The maximum Gasteiger partial charge on any atom is 0.302 e. The van der Waals surface area contributed by atoms with Crippen molar-refractivity contribution in [3.63, 3.8) is 0 Å². The summed E-state index contributed by atoms with van der Waals surface area (Å²) in [4.78, 5) is 23.1. The first kappa shape index (κ1) is 16.5. The van der Waals surface area contributed by atoms with Gasteiger partial charge in [0.15, 0.2) is 0 Å². The number of rotatable bonds is 6. The zero-order valence-electron chi connectivity index (χ0n) is 11.8. The molecular weight excluding hydrogens is 278 g/mol. The van der Waals surface area contributed by atoms with Crippen LogP contribution in [0, 0.1) is 0 Å². The van der Waals surface area contributed by atoms with Crippen LogP contribution in [0.15, 0.2) is 29.2 Å². The number of esters is 1. The highest BCUT2D eigenvalue weighted by molar-refractivity contribution is 7.98. The third kappa shape index (κ3) is 5.22. The Morgan fingerprint density at radius 2 is 1.90 bits per heavy atom. The first-order valence-electron chi connectivity index (χ1n) is 6.16. The molecule has 0 fully saturated rings. The molecule has 0 radical (unpaired) electrons. The second kappa shape index (κ2) is 7.91. The van der Waals surface area contributed by atoms with Crippen molar-refractivity contribution in [3.8, 4) is 0 Å². The Morgan fingerprint density at radius 3 is 2.35 bits per heavy atom. The van der Waals surface area contributed by atoms with Gasteiger partial charge in [0.05, 0.1) is 6.04 Å². The van der Waals surface area contributed by atoms with Gasteiger partial charge in [0.2, 0.25) is 5.91 Å². The van der Waals surface area contributed by atoms with Crippen molar-refractivity contribution in [1.29, 1.82) is 0 Å². The lowest BCUT2D eigenvalue weighted by Gasteiger charge is -2.23. The van der Waals surface area contributed by atoms with E-state index < -0.39 is 18.1 Å². The van der Waals surface area contributed by atoms with Crippen LogP contribution in [-0.4, -0.2) is 35.9 Å². The Morgan fingerprint density at radius 1 is 1.30 bits per heavy atom. The van der Waals surface area contributed by atoms with Gasteiger partial charge in [-0.05, 0) is 24.0 Å². The molecule has 0 unspecified atom stereocenters. The number of aliphatic hydroxyl groups excluding tert-OH is 1. The van der Waals surface area contributed by atoms with Crippen LogP contribution in [0.2, 0.25) is 0 Å². The fraction of sp³-hybridized carbons (Fsp3) is 0.429. The minimum absolute atomic E-state index is 0.0691. The third-order valence-corrected chi connectivity index (χ3v) is 3.44. The molecule has 0 heterocycles. The maximum atomic E-state index is 11.2. The van der Waals surface area contributed by atoms with Crippen LogP contribution < -0.4 is 5.32 Å². The van der Waals surface area contributed by atoms with E-state index >= 15 is 0 Å². The summed E-state index contributed by atoms with van der Waals surface area (Å²) in [6.07, 6.45) is 1.03. The van der Waals surface area contributed by atoms with Gasteiger partial charge in [-0.1, -0.05) is 12.1 Å². The lowest BCUT2D eigenvalue weighted by atomic mass is 10.0. The van der Waals surface area contributed by atoms with Crippen molar-refractivity contribution < 1.29 is 19.4 Å². The molecule has 1 rings (SSSR count). The van der Waals surface area contributed by atoms with Crippen LogP contribution in [0.25, 0.3) is 0 Å². The number of carbonyl (C=O) groups is 2. The monoisotopic (exact) mass is 297 g/mol. The molecule has 0 aromatic heterocycles. The predicted octanol–water partition coefficient (Wildman–Crippen LogP) is 1.51. The summed E-state index contributed by atoms with van der Waals surface area (Å²) in [7, 11) is 0. The molecule has 0 aliphatic heterocycles. The largest absolute Gasteiger partial charge is 0.464 e. The zero-order chi connectivity index (χ0) is 15.1. The molecule has 1 amide bonds. The van der Waals surface area contributed by atoms with Gasteiger partial charge in [-0.25, -0.2) is 0 Å². The molecule has 0 spiro atoms. The normalized spacial score (nSPS) is 13.4. The van der Waals surface area contributed by atoms with E-state index in [4.69, 9.17) is 4.74 Å².